The monoisotopic (exact) mass is 742 g/mol. The van der Waals surface area contributed by atoms with Crippen molar-refractivity contribution >= 4 is 17.1 Å². The van der Waals surface area contributed by atoms with Gasteiger partial charge in [0.25, 0.3) is 0 Å². The third-order valence-corrected chi connectivity index (χ3v) is 14.4. The molecule has 4 aromatic carbocycles. The van der Waals surface area contributed by atoms with Gasteiger partial charge in [-0.1, -0.05) is 0 Å². The highest BCUT2D eigenvalue weighted by Crippen LogP contribution is 2.69. The van der Waals surface area contributed by atoms with Crippen LogP contribution in [0.1, 0.15) is 105 Å². The van der Waals surface area contributed by atoms with Gasteiger partial charge in [-0.15, -0.1) is 0 Å². The van der Waals surface area contributed by atoms with E-state index < -0.39 is 0 Å². The van der Waals surface area contributed by atoms with E-state index in [9.17, 15) is 15.8 Å². The Bertz CT molecular complexity index is 2210. The Kier molecular flexibility index (Phi) is 7.95. The van der Waals surface area contributed by atoms with Crippen molar-refractivity contribution in [3.8, 4) is 52.7 Å². The van der Waals surface area contributed by atoms with Crippen LogP contribution in [0.4, 0.5) is 17.1 Å². The van der Waals surface area contributed by atoms with Crippen LogP contribution in [0, 0.1) is 69.5 Å². The van der Waals surface area contributed by atoms with Gasteiger partial charge in [0.2, 0.25) is 0 Å². The summed E-state index contributed by atoms with van der Waals surface area (Å²) < 4.78 is 21.5. The number of benzene rings is 4. The van der Waals surface area contributed by atoms with Gasteiger partial charge in [-0.3, -0.25) is 0 Å². The minimum Gasteiger partial charge on any atom is -0.455 e. The van der Waals surface area contributed by atoms with Gasteiger partial charge in [-0.05, 0) is 167 Å². The second-order valence-electron chi connectivity index (χ2n) is 18.3. The van der Waals surface area contributed by atoms with Crippen molar-refractivity contribution in [1.82, 2.24) is 0 Å². The van der Waals surface area contributed by atoms with Crippen molar-refractivity contribution in [2.24, 2.45) is 35.5 Å². The number of anilines is 3. The summed E-state index contributed by atoms with van der Waals surface area (Å²) in [6, 6.07) is 24.5. The highest BCUT2D eigenvalue weighted by Gasteiger charge is 2.58. The van der Waals surface area contributed by atoms with Crippen LogP contribution in [-0.4, -0.2) is 0 Å². The average Bonchev–Trinajstić information content (AvgIpc) is 3.15. The number of ether oxygens (including phenoxy) is 3. The van der Waals surface area contributed by atoms with Gasteiger partial charge in [0, 0.05) is 45.1 Å². The van der Waals surface area contributed by atoms with Crippen LogP contribution in [0.3, 0.4) is 0 Å². The van der Waals surface area contributed by atoms with E-state index in [1.54, 1.807) is 54.6 Å². The minimum absolute atomic E-state index is 0.255. The molecular weight excluding hydrogens is 697 g/mol. The fourth-order valence-corrected chi connectivity index (χ4v) is 13.2. The molecule has 0 radical (unpaired) electrons. The molecule has 0 heterocycles. The predicted molar refractivity (Wildman–Crippen MR) is 213 cm³/mol. The summed E-state index contributed by atoms with van der Waals surface area (Å²) in [6.45, 7) is 0. The van der Waals surface area contributed by atoms with Crippen LogP contribution >= 0.6 is 0 Å². The van der Waals surface area contributed by atoms with Crippen LogP contribution in [-0.2, 0) is 10.8 Å². The summed E-state index contributed by atoms with van der Waals surface area (Å²) in [5, 5.41) is 31.1. The van der Waals surface area contributed by atoms with Gasteiger partial charge in [0.1, 0.15) is 52.7 Å². The van der Waals surface area contributed by atoms with E-state index in [0.717, 1.165) is 49.7 Å². The van der Waals surface area contributed by atoms with E-state index in [4.69, 9.17) is 31.4 Å². The lowest BCUT2D eigenvalue weighted by molar-refractivity contribution is -0.0110. The second-order valence-corrected chi connectivity index (χ2v) is 18.3. The Labute approximate surface area is 327 Å². The number of nitrogens with two attached hydrogens (primary N) is 3. The Morgan fingerprint density at radius 3 is 1.04 bits per heavy atom. The van der Waals surface area contributed by atoms with E-state index in [1.807, 2.05) is 6.07 Å². The first-order valence-corrected chi connectivity index (χ1v) is 20.3. The molecule has 0 aliphatic heterocycles. The first kappa shape index (κ1) is 34.6. The molecule has 8 aliphatic rings. The summed E-state index contributed by atoms with van der Waals surface area (Å²) in [5.41, 5.74) is 22.5. The standard InChI is InChI=1S/C47H46N6O3/c48-23-32-13-35(51)1-4-38(32)54-41-16-42(55-39-5-2-36(52)14-33(39)24-49)44(47-20-29-10-30(21-47)12-31(11-29)22-47)45(56-40-6-3-37(53)15-34(40)25-50)43(41)46-17-26-7-27(18-46)9-28(8-26)19-46/h1-6,13-16,26-31H,7-12,17-22,51-53H2. The Balaban J connectivity index is 1.30. The van der Waals surface area contributed by atoms with E-state index in [2.05, 4.69) is 18.2 Å². The largest absolute Gasteiger partial charge is 0.455 e. The molecule has 12 rings (SSSR count). The van der Waals surface area contributed by atoms with Crippen LogP contribution in [0.5, 0.6) is 34.5 Å². The van der Waals surface area contributed by atoms with Crippen LogP contribution in [0.15, 0.2) is 60.7 Å². The number of hydrogen-bond donors (Lipinski definition) is 3. The summed E-state index contributed by atoms with van der Waals surface area (Å²) in [5.74, 6) is 6.66. The maximum atomic E-state index is 10.5. The van der Waals surface area contributed by atoms with E-state index in [0.29, 0.717) is 104 Å². The third-order valence-electron chi connectivity index (χ3n) is 14.4. The molecule has 9 heteroatoms. The number of nitrogen functional groups attached to an aromatic ring is 3. The molecule has 282 valence electrons. The van der Waals surface area contributed by atoms with Gasteiger partial charge in [-0.25, -0.2) is 0 Å². The minimum atomic E-state index is -0.255. The molecule has 0 amide bonds. The lowest BCUT2D eigenvalue weighted by Gasteiger charge is -2.59. The van der Waals surface area contributed by atoms with Crippen molar-refractivity contribution in [3.63, 3.8) is 0 Å². The lowest BCUT2D eigenvalue weighted by Crippen LogP contribution is -2.50. The molecule has 8 saturated carbocycles. The van der Waals surface area contributed by atoms with E-state index in [1.165, 1.54) is 38.5 Å². The second kappa shape index (κ2) is 12.9. The zero-order valence-corrected chi connectivity index (χ0v) is 31.5. The molecule has 8 bridgehead atoms. The number of hydrogen-bond acceptors (Lipinski definition) is 9. The Hall–Kier alpha value is -5.85. The van der Waals surface area contributed by atoms with Crippen molar-refractivity contribution < 1.29 is 14.2 Å². The molecule has 0 aromatic heterocycles. The SMILES string of the molecule is N#Cc1cc(N)ccc1Oc1cc(Oc2ccc(N)cc2C#N)c(C23CC4CC(CC(C4)C2)C3)c(Oc2ccc(N)cc2C#N)c1C12CC3CC(CC(C3)C1)C2. The van der Waals surface area contributed by atoms with Crippen LogP contribution in [0.25, 0.3) is 0 Å². The molecule has 8 aliphatic carbocycles. The molecule has 9 nitrogen and oxygen atoms in total. The van der Waals surface area contributed by atoms with Crippen molar-refractivity contribution in [1.29, 1.82) is 15.8 Å². The molecule has 0 saturated heterocycles. The zero-order valence-electron chi connectivity index (χ0n) is 31.5. The lowest BCUT2D eigenvalue weighted by atomic mass is 9.46. The summed E-state index contributed by atoms with van der Waals surface area (Å²) in [4.78, 5) is 0. The van der Waals surface area contributed by atoms with Crippen LogP contribution < -0.4 is 31.4 Å². The average molecular weight is 743 g/mol. The predicted octanol–water partition coefficient (Wildman–Crippen LogP) is 10.4. The molecule has 0 atom stereocenters. The topological polar surface area (TPSA) is 177 Å². The van der Waals surface area contributed by atoms with E-state index >= 15 is 0 Å². The maximum Gasteiger partial charge on any atom is 0.145 e. The first-order chi connectivity index (χ1) is 27.1. The van der Waals surface area contributed by atoms with Crippen molar-refractivity contribution in [3.05, 3.63) is 88.5 Å². The zero-order chi connectivity index (χ0) is 38.3. The summed E-state index contributed by atoms with van der Waals surface area (Å²) >= 11 is 0. The maximum absolute atomic E-state index is 10.5. The molecular formula is C47H46N6O3. The van der Waals surface area contributed by atoms with Gasteiger partial charge in [0.05, 0.1) is 16.7 Å². The van der Waals surface area contributed by atoms with Gasteiger partial charge < -0.3 is 31.4 Å². The van der Waals surface area contributed by atoms with Crippen LogP contribution in [0.2, 0.25) is 0 Å². The fourth-order valence-electron chi connectivity index (χ4n) is 13.2. The molecule has 8 fully saturated rings. The van der Waals surface area contributed by atoms with Gasteiger partial charge >= 0.3 is 0 Å². The quantitative estimate of drug-likeness (QED) is 0.148. The van der Waals surface area contributed by atoms with Gasteiger partial charge in [-0.2, -0.15) is 15.8 Å². The molecule has 4 aromatic rings. The van der Waals surface area contributed by atoms with Crippen molar-refractivity contribution in [2.75, 3.05) is 17.2 Å². The first-order valence-electron chi connectivity index (χ1n) is 20.3. The highest BCUT2D eigenvalue weighted by atomic mass is 16.5. The van der Waals surface area contributed by atoms with E-state index in [-0.39, 0.29) is 10.8 Å². The summed E-state index contributed by atoms with van der Waals surface area (Å²) in [7, 11) is 0. The normalized spacial score (nSPS) is 30.3. The number of rotatable bonds is 8. The number of nitrogens with zero attached hydrogens (tertiary/aromatic N) is 3. The van der Waals surface area contributed by atoms with Gasteiger partial charge in [0.15, 0.2) is 0 Å². The molecule has 0 unspecified atom stereocenters. The Morgan fingerprint density at radius 1 is 0.429 bits per heavy atom. The summed E-state index contributed by atoms with van der Waals surface area (Å²) in [6.07, 6.45) is 13.6. The smallest absolute Gasteiger partial charge is 0.145 e. The fraction of sp³-hybridized carbons (Fsp3) is 0.426. The molecule has 56 heavy (non-hydrogen) atoms. The highest BCUT2D eigenvalue weighted by molar-refractivity contribution is 5.68. The Morgan fingerprint density at radius 2 is 0.732 bits per heavy atom. The number of nitriles is 3. The molecule has 6 N–H and O–H groups in total. The molecule has 0 spiro atoms. The third kappa shape index (κ3) is 5.69. The van der Waals surface area contributed by atoms with Crippen molar-refractivity contribution in [2.45, 2.75) is 87.9 Å².